The molecule has 0 spiro atoms. The number of nitrogens with zero attached hydrogens (tertiary/aromatic N) is 23. The zero-order valence-electron chi connectivity index (χ0n) is 78.8. The number of ether oxygens (including phenoxy) is 6. The predicted molar refractivity (Wildman–Crippen MR) is 535 cm³/mol. The second kappa shape index (κ2) is 44.1. The molecule has 33 heteroatoms. The number of benzene rings is 12. The number of aryl methyl sites for hydroxylation is 5. The maximum atomic E-state index is 6.20. The van der Waals surface area contributed by atoms with Gasteiger partial charge in [-0.15, -0.1) is 139 Å². The first-order valence-electron chi connectivity index (χ1n) is 44.8. The van der Waals surface area contributed by atoms with E-state index in [-0.39, 0.29) is 89.7 Å². The molecule has 24 aromatic rings. The van der Waals surface area contributed by atoms with E-state index in [2.05, 4.69) is 215 Å². The Morgan fingerprint density at radius 3 is 1.04 bits per heavy atom. The molecule has 0 bridgehead atoms. The molecule has 12 aromatic heterocycles. The summed E-state index contributed by atoms with van der Waals surface area (Å²) in [4.78, 5) is 22.0. The van der Waals surface area contributed by atoms with Crippen molar-refractivity contribution in [2.75, 3.05) is 14.2 Å². The van der Waals surface area contributed by atoms with Crippen molar-refractivity contribution in [3.8, 4) is 126 Å². The van der Waals surface area contributed by atoms with E-state index in [1.165, 1.54) is 6.33 Å². The summed E-state index contributed by atoms with van der Waals surface area (Å²) in [6.45, 7) is 15.7. The average molecular weight is 2620 g/mol. The molecular weight excluding hydrogens is 2540 g/mol. The third-order valence-electron chi connectivity index (χ3n) is 23.3. The van der Waals surface area contributed by atoms with E-state index in [1.54, 1.807) is 77.1 Å². The Kier molecular flexibility index (Phi) is 30.5. The second-order valence-electron chi connectivity index (χ2n) is 33.5. The van der Waals surface area contributed by atoms with Crippen molar-refractivity contribution in [1.82, 2.24) is 115 Å². The van der Waals surface area contributed by atoms with Gasteiger partial charge in [-0.05, 0) is 138 Å². The van der Waals surface area contributed by atoms with Gasteiger partial charge >= 0.3 is 84.3 Å². The van der Waals surface area contributed by atoms with E-state index in [4.69, 9.17) is 33.4 Å². The number of hydrogen-bond donors (Lipinski definition) is 0. The first kappa shape index (κ1) is 100. The van der Waals surface area contributed by atoms with Crippen molar-refractivity contribution >= 4 is 87.2 Å². The minimum Gasteiger partial charge on any atom is -0.497 e. The van der Waals surface area contributed by atoms with E-state index in [9.17, 15) is 0 Å². The van der Waals surface area contributed by atoms with E-state index in [1.807, 2.05) is 227 Å². The van der Waals surface area contributed by atoms with Crippen LogP contribution in [-0.4, -0.2) is 129 Å². The Morgan fingerprint density at radius 2 is 0.634 bits per heavy atom. The van der Waals surface area contributed by atoms with Gasteiger partial charge in [-0.2, -0.15) is 102 Å². The fourth-order valence-corrected chi connectivity index (χ4v) is 16.5. The Morgan fingerprint density at radius 1 is 0.276 bits per heavy atom. The standard InChI is InChI=1S/C29H22N6O.C29H21N5O2.C27H18N6O2.C27H18N6O.4Pt/c1-29(2,3)24-11-7-15-30-27(24)36-21-9-6-8-19(16-21)20-13-14-23-22-10-4-5-12-25(22)35(26(23)17-20)28-33-31-18-32-34-28;1-18-19(2)32-33-29(31-18)34-26-10-5-4-9-24(26)25-12-11-21(16-27(25)34)20-7-6-8-23(15-20)36-28-17-22(35-3)13-14-30-28;1-17-29-31-27(32-30-17)33-23-10-4-3-9-21(23)22-13-12-19(16-24(22)33)18-7-5-8-20(15-18)35-26-25(34-2)11-6-14-28-26;1-17-7-6-14-28-26(17)34-21-9-5-8-19(15-21)20-12-13-23-22-10-3-4-11-24(22)33(25(23)16-20)27-31-29-18(2)30-32-27;;;;/h4-15,18H,1-3H3;4-14,17H,1-3H3;3-14H,1-2H3;3-14H,1-2H3;;;;/q4*-2;4*+2. The Bertz CT molecular complexity index is 8840. The molecular formula is C112H79N23O6Pt4. The zero-order valence-corrected chi connectivity index (χ0v) is 87.9. The molecule has 0 saturated heterocycles. The number of methoxy groups -OCH3 is 2. The summed E-state index contributed by atoms with van der Waals surface area (Å²) in [5.74, 6) is 8.13. The summed E-state index contributed by atoms with van der Waals surface area (Å²) in [6.07, 6.45) is 8.06. The molecule has 0 saturated carbocycles. The summed E-state index contributed by atoms with van der Waals surface area (Å²) < 4.78 is 42.5. The number of para-hydroxylation sites is 4. The van der Waals surface area contributed by atoms with E-state index in [0.29, 0.717) is 93.5 Å². The Hall–Kier alpha value is -16.2. The van der Waals surface area contributed by atoms with Crippen LogP contribution in [0.5, 0.6) is 58.0 Å². The number of rotatable bonds is 18. The molecule has 0 aliphatic heterocycles. The third kappa shape index (κ3) is 21.1. The van der Waals surface area contributed by atoms with Gasteiger partial charge in [0, 0.05) is 87.0 Å². The fraction of sp³-hybridized carbons (Fsp3) is 0.0982. The van der Waals surface area contributed by atoms with E-state index in [0.717, 1.165) is 154 Å². The normalized spacial score (nSPS) is 11.0. The molecule has 0 atom stereocenters. The number of fused-ring (bicyclic) bond motifs is 12. The first-order valence-corrected chi connectivity index (χ1v) is 44.8. The van der Waals surface area contributed by atoms with Gasteiger partial charge in [-0.25, -0.2) is 69.4 Å². The topological polar surface area (TPSA) is 320 Å². The molecule has 0 radical (unpaired) electrons. The molecule has 12 aromatic carbocycles. The van der Waals surface area contributed by atoms with Crippen molar-refractivity contribution < 1.29 is 113 Å². The first-order chi connectivity index (χ1) is 69.0. The molecule has 29 nitrogen and oxygen atoms in total. The maximum Gasteiger partial charge on any atom is 2.00 e. The average Bonchev–Trinajstić information content (AvgIpc) is 1.61. The van der Waals surface area contributed by atoms with Gasteiger partial charge in [-0.3, -0.25) is 18.3 Å². The van der Waals surface area contributed by atoms with Crippen molar-refractivity contribution in [2.24, 2.45) is 0 Å². The smallest absolute Gasteiger partial charge is 0.497 e. The number of hydrogen-bond acceptors (Lipinski definition) is 25. The summed E-state index contributed by atoms with van der Waals surface area (Å²) in [5, 5.41) is 66.9. The van der Waals surface area contributed by atoms with Crippen LogP contribution in [0.25, 0.3) is 156 Å². The largest absolute Gasteiger partial charge is 2.00 e. The van der Waals surface area contributed by atoms with Gasteiger partial charge < -0.3 is 28.4 Å². The number of aromatic nitrogens is 23. The molecule has 145 heavy (non-hydrogen) atoms. The quantitative estimate of drug-likeness (QED) is 0.0720. The molecule has 0 aliphatic carbocycles. The molecule has 0 fully saturated rings. The summed E-state index contributed by atoms with van der Waals surface area (Å²) in [6, 6.07) is 114. The maximum absolute atomic E-state index is 6.20. The summed E-state index contributed by atoms with van der Waals surface area (Å²) >= 11 is 0. The van der Waals surface area contributed by atoms with Crippen LogP contribution in [0.2, 0.25) is 0 Å². The van der Waals surface area contributed by atoms with Crippen molar-refractivity contribution in [3.63, 3.8) is 0 Å². The summed E-state index contributed by atoms with van der Waals surface area (Å²) in [7, 11) is 3.19. The van der Waals surface area contributed by atoms with Crippen molar-refractivity contribution in [2.45, 2.75) is 60.8 Å². The molecule has 0 N–H and O–H groups in total. The predicted octanol–water partition coefficient (Wildman–Crippen LogP) is 22.7. The minimum absolute atomic E-state index is 0. The van der Waals surface area contributed by atoms with Gasteiger partial charge in [0.1, 0.15) is 5.75 Å². The Balaban J connectivity index is 0.000000131. The van der Waals surface area contributed by atoms with Crippen LogP contribution in [0.4, 0.5) is 0 Å². The van der Waals surface area contributed by atoms with Gasteiger partial charge in [0.05, 0.1) is 25.6 Å². The van der Waals surface area contributed by atoms with Crippen molar-refractivity contribution in [3.05, 3.63) is 381 Å². The van der Waals surface area contributed by atoms with Crippen LogP contribution < -0.4 is 28.4 Å². The molecule has 0 unspecified atom stereocenters. The molecule has 0 amide bonds. The van der Waals surface area contributed by atoms with Gasteiger partial charge in [-0.1, -0.05) is 127 Å². The van der Waals surface area contributed by atoms with Crippen LogP contribution in [-0.2, 0) is 89.7 Å². The van der Waals surface area contributed by atoms with E-state index < -0.39 is 0 Å². The van der Waals surface area contributed by atoms with Crippen LogP contribution in [0.1, 0.15) is 54.9 Å². The minimum atomic E-state index is -0.101. The van der Waals surface area contributed by atoms with Crippen LogP contribution in [0.15, 0.2) is 298 Å². The number of pyridine rings is 4. The zero-order chi connectivity index (χ0) is 96.2. The van der Waals surface area contributed by atoms with Crippen molar-refractivity contribution in [1.29, 1.82) is 0 Å². The molecule has 24 rings (SSSR count). The van der Waals surface area contributed by atoms with Crippen LogP contribution >= 0.6 is 0 Å². The second-order valence-corrected chi connectivity index (χ2v) is 33.5. The molecule has 12 heterocycles. The monoisotopic (exact) mass is 2620 g/mol. The van der Waals surface area contributed by atoms with E-state index >= 15 is 0 Å². The van der Waals surface area contributed by atoms with Gasteiger partial charge in [0.2, 0.25) is 17.6 Å². The van der Waals surface area contributed by atoms with Crippen LogP contribution in [0, 0.1) is 83.1 Å². The van der Waals surface area contributed by atoms with Gasteiger partial charge in [0.25, 0.3) is 29.7 Å². The third-order valence-corrected chi connectivity index (χ3v) is 23.3. The van der Waals surface area contributed by atoms with Gasteiger partial charge in [0.15, 0.2) is 23.7 Å². The SMILES string of the molecule is CC(C)(C)c1cccnc1Oc1[c-]c(-c2[c-]c3c(cc2)c2ccccc2n3-c2nncnn2)ccc1.COc1cccnc1Oc1[c-]c(-c2[c-]c3c(cc2)c2ccccc2n3-c2nnc(C)nn2)ccc1.COc1ccnc(Oc2[c-]c(-c3[c-]c4c(cc3)c3ccccc3n4-c3nnc(C)c(C)n3)ccc2)c1.Cc1nnc(-n2c3[c-]c(-c4[c-]c(Oc5ncccc5C)ccc4)ccc3c3ccccc32)nn1.[Pt+2].[Pt+2].[Pt+2].[Pt+2]. The molecule has 718 valence electrons. The summed E-state index contributed by atoms with van der Waals surface area (Å²) in [5.41, 5.74) is 17.6. The fourth-order valence-electron chi connectivity index (χ4n) is 16.5. The Labute approximate surface area is 889 Å². The van der Waals surface area contributed by atoms with Crippen LogP contribution in [0.3, 0.4) is 0 Å². The molecule has 0 aliphatic rings.